The third-order valence-electron chi connectivity index (χ3n) is 5.64. The Balaban J connectivity index is 1.32. The minimum absolute atomic E-state index is 0.0392. The Hall–Kier alpha value is -4.03. The molecule has 33 heavy (non-hydrogen) atoms. The van der Waals surface area contributed by atoms with Gasteiger partial charge in [-0.3, -0.25) is 14.5 Å². The van der Waals surface area contributed by atoms with E-state index in [9.17, 15) is 14.9 Å². The van der Waals surface area contributed by atoms with Crippen molar-refractivity contribution in [2.75, 3.05) is 30.3 Å². The zero-order valence-corrected chi connectivity index (χ0v) is 18.4. The lowest BCUT2D eigenvalue weighted by molar-refractivity contribution is -0.121. The number of rotatable bonds is 6. The normalized spacial score (nSPS) is 14.4. The largest absolute Gasteiger partial charge is 0.310 e. The van der Waals surface area contributed by atoms with E-state index in [1.54, 1.807) is 10.9 Å². The molecule has 1 aromatic carbocycles. The number of amides is 2. The van der Waals surface area contributed by atoms with E-state index >= 15 is 0 Å². The molecule has 2 amide bonds. The van der Waals surface area contributed by atoms with E-state index < -0.39 is 0 Å². The molecule has 9 nitrogen and oxygen atoms in total. The molecular weight excluding hydrogens is 418 g/mol. The molecule has 0 saturated carbocycles. The van der Waals surface area contributed by atoms with Gasteiger partial charge in [0.1, 0.15) is 17.5 Å². The molecule has 2 N–H and O–H groups in total. The molecule has 0 unspecified atom stereocenters. The van der Waals surface area contributed by atoms with Gasteiger partial charge in [-0.2, -0.15) is 10.4 Å². The van der Waals surface area contributed by atoms with Gasteiger partial charge in [0.2, 0.25) is 11.8 Å². The standard InChI is InChI=1S/C24H25N7O2/c1-17-7-10-26-21(13-17)28-24(33)18-8-11-30(12-9-18)16-22(32)29-23-19(14-25)15-27-31(23)20-5-3-2-4-6-20/h2-7,10,13,15,18H,8-9,11-12,16H2,1H3,(H,29,32)(H,26,28,33). The van der Waals surface area contributed by atoms with Crippen LogP contribution in [0.5, 0.6) is 0 Å². The zero-order chi connectivity index (χ0) is 23.2. The number of hydrogen-bond acceptors (Lipinski definition) is 6. The minimum Gasteiger partial charge on any atom is -0.310 e. The predicted molar refractivity (Wildman–Crippen MR) is 124 cm³/mol. The van der Waals surface area contributed by atoms with Gasteiger partial charge < -0.3 is 10.6 Å². The third-order valence-corrected chi connectivity index (χ3v) is 5.64. The highest BCUT2D eigenvalue weighted by Gasteiger charge is 2.26. The number of aryl methyl sites for hydroxylation is 1. The Morgan fingerprint density at radius 3 is 2.61 bits per heavy atom. The molecule has 2 aromatic heterocycles. The molecule has 0 atom stereocenters. The van der Waals surface area contributed by atoms with Crippen LogP contribution in [0.1, 0.15) is 24.0 Å². The zero-order valence-electron chi connectivity index (χ0n) is 18.4. The van der Waals surface area contributed by atoms with Gasteiger partial charge >= 0.3 is 0 Å². The van der Waals surface area contributed by atoms with Crippen LogP contribution in [0.2, 0.25) is 0 Å². The van der Waals surface area contributed by atoms with Crippen molar-refractivity contribution in [2.24, 2.45) is 5.92 Å². The van der Waals surface area contributed by atoms with Gasteiger partial charge in [0, 0.05) is 12.1 Å². The molecule has 1 fully saturated rings. The van der Waals surface area contributed by atoms with Crippen LogP contribution in [0.15, 0.2) is 54.9 Å². The fourth-order valence-corrected chi connectivity index (χ4v) is 3.88. The van der Waals surface area contributed by atoms with Crippen LogP contribution in [-0.2, 0) is 9.59 Å². The summed E-state index contributed by atoms with van der Waals surface area (Å²) in [7, 11) is 0. The van der Waals surface area contributed by atoms with Gasteiger partial charge in [0.15, 0.2) is 5.82 Å². The summed E-state index contributed by atoms with van der Waals surface area (Å²) in [5.41, 5.74) is 2.09. The van der Waals surface area contributed by atoms with Gasteiger partial charge in [-0.25, -0.2) is 9.67 Å². The van der Waals surface area contributed by atoms with E-state index in [2.05, 4.69) is 26.8 Å². The highest BCUT2D eigenvalue weighted by atomic mass is 16.2. The van der Waals surface area contributed by atoms with Crippen LogP contribution in [0.25, 0.3) is 5.69 Å². The maximum Gasteiger partial charge on any atom is 0.239 e. The van der Waals surface area contributed by atoms with Crippen LogP contribution < -0.4 is 10.6 Å². The van der Waals surface area contributed by atoms with Gasteiger partial charge in [0.05, 0.1) is 18.4 Å². The average molecular weight is 444 g/mol. The number of carbonyl (C=O) groups excluding carboxylic acids is 2. The molecular formula is C24H25N7O2. The predicted octanol–water partition coefficient (Wildman–Crippen LogP) is 2.74. The number of nitrogens with one attached hydrogen (secondary N) is 2. The van der Waals surface area contributed by atoms with Crippen molar-refractivity contribution < 1.29 is 9.59 Å². The van der Waals surface area contributed by atoms with Crippen LogP contribution in [0.4, 0.5) is 11.6 Å². The van der Waals surface area contributed by atoms with Gasteiger partial charge in [-0.05, 0) is 62.7 Å². The number of pyridine rings is 1. The van der Waals surface area contributed by atoms with Crippen molar-refractivity contribution in [3.8, 4) is 11.8 Å². The quantitative estimate of drug-likeness (QED) is 0.605. The van der Waals surface area contributed by atoms with Crippen molar-refractivity contribution in [3.63, 3.8) is 0 Å². The molecule has 1 aliphatic rings. The third kappa shape index (κ3) is 5.42. The Morgan fingerprint density at radius 2 is 1.91 bits per heavy atom. The second-order valence-electron chi connectivity index (χ2n) is 8.07. The molecule has 1 aliphatic heterocycles. The summed E-state index contributed by atoms with van der Waals surface area (Å²) in [6.07, 6.45) is 4.44. The molecule has 0 spiro atoms. The lowest BCUT2D eigenvalue weighted by Crippen LogP contribution is -2.42. The second kappa shape index (κ2) is 10.1. The number of nitrogens with zero attached hydrogens (tertiary/aromatic N) is 5. The fourth-order valence-electron chi connectivity index (χ4n) is 3.88. The van der Waals surface area contributed by atoms with Crippen LogP contribution in [-0.4, -0.2) is 51.1 Å². The molecule has 0 radical (unpaired) electrons. The van der Waals surface area contributed by atoms with E-state index in [0.29, 0.717) is 43.1 Å². The van der Waals surface area contributed by atoms with E-state index in [0.717, 1.165) is 11.3 Å². The number of likely N-dealkylation sites (tertiary alicyclic amines) is 1. The smallest absolute Gasteiger partial charge is 0.239 e. The molecule has 9 heteroatoms. The maximum absolute atomic E-state index is 12.7. The Morgan fingerprint density at radius 1 is 1.15 bits per heavy atom. The number of aromatic nitrogens is 3. The molecule has 4 rings (SSSR count). The van der Waals surface area contributed by atoms with Crippen molar-refractivity contribution in [1.29, 1.82) is 5.26 Å². The van der Waals surface area contributed by atoms with Crippen LogP contribution >= 0.6 is 0 Å². The number of nitriles is 1. The van der Waals surface area contributed by atoms with E-state index in [-0.39, 0.29) is 24.3 Å². The van der Waals surface area contributed by atoms with Crippen molar-refractivity contribution >= 4 is 23.5 Å². The molecule has 0 bridgehead atoms. The molecule has 1 saturated heterocycles. The van der Waals surface area contributed by atoms with E-state index in [1.165, 1.54) is 6.20 Å². The Kier molecular flexibility index (Phi) is 6.76. The average Bonchev–Trinajstić information content (AvgIpc) is 3.22. The second-order valence-corrected chi connectivity index (χ2v) is 8.07. The first-order valence-electron chi connectivity index (χ1n) is 10.8. The highest BCUT2D eigenvalue weighted by molar-refractivity contribution is 5.93. The van der Waals surface area contributed by atoms with E-state index in [4.69, 9.17) is 0 Å². The highest BCUT2D eigenvalue weighted by Crippen LogP contribution is 2.21. The molecule has 3 heterocycles. The summed E-state index contributed by atoms with van der Waals surface area (Å²) in [4.78, 5) is 31.5. The Labute approximate surface area is 192 Å². The number of para-hydroxylation sites is 1. The summed E-state index contributed by atoms with van der Waals surface area (Å²) >= 11 is 0. The summed E-state index contributed by atoms with van der Waals surface area (Å²) in [6.45, 7) is 3.40. The number of carbonyl (C=O) groups is 2. The van der Waals surface area contributed by atoms with Gasteiger partial charge in [0.25, 0.3) is 0 Å². The Bertz CT molecular complexity index is 1180. The van der Waals surface area contributed by atoms with Gasteiger partial charge in [-0.1, -0.05) is 18.2 Å². The SMILES string of the molecule is Cc1ccnc(NC(=O)C2CCN(CC(=O)Nc3c(C#N)cnn3-c3ccccc3)CC2)c1. The number of anilines is 2. The first kappa shape index (κ1) is 22.2. The summed E-state index contributed by atoms with van der Waals surface area (Å²) in [5.74, 6) is 0.536. The lowest BCUT2D eigenvalue weighted by atomic mass is 9.96. The van der Waals surface area contributed by atoms with Crippen molar-refractivity contribution in [1.82, 2.24) is 19.7 Å². The number of hydrogen-bond donors (Lipinski definition) is 2. The first-order valence-corrected chi connectivity index (χ1v) is 10.8. The lowest BCUT2D eigenvalue weighted by Gasteiger charge is -2.30. The number of benzene rings is 1. The van der Waals surface area contributed by atoms with E-state index in [1.807, 2.05) is 54.3 Å². The minimum atomic E-state index is -0.226. The van der Waals surface area contributed by atoms with Gasteiger partial charge in [-0.15, -0.1) is 0 Å². The maximum atomic E-state index is 12.7. The molecule has 0 aliphatic carbocycles. The summed E-state index contributed by atoms with van der Waals surface area (Å²) in [6, 6.07) is 15.1. The first-order chi connectivity index (χ1) is 16.0. The molecule has 3 aromatic rings. The summed E-state index contributed by atoms with van der Waals surface area (Å²) < 4.78 is 1.55. The van der Waals surface area contributed by atoms with Crippen LogP contribution in [0.3, 0.4) is 0 Å². The number of piperidine rings is 1. The summed E-state index contributed by atoms with van der Waals surface area (Å²) in [5, 5.41) is 19.4. The topological polar surface area (TPSA) is 116 Å². The van der Waals surface area contributed by atoms with Crippen molar-refractivity contribution in [2.45, 2.75) is 19.8 Å². The fraction of sp³-hybridized carbons (Fsp3) is 0.292. The van der Waals surface area contributed by atoms with Crippen molar-refractivity contribution in [3.05, 3.63) is 66.0 Å². The van der Waals surface area contributed by atoms with Crippen LogP contribution in [0, 0.1) is 24.2 Å². The molecule has 168 valence electrons. The monoisotopic (exact) mass is 443 g/mol.